The molecule has 0 aromatic heterocycles. The first-order chi connectivity index (χ1) is 6.83. The Morgan fingerprint density at radius 3 is 2.47 bits per heavy atom. The molecule has 0 saturated heterocycles. The second-order valence-electron chi connectivity index (χ2n) is 3.04. The maximum absolute atomic E-state index is 11.5. The summed E-state index contributed by atoms with van der Waals surface area (Å²) in [5.41, 5.74) is 0. The molecule has 0 amide bonds. The average Bonchev–Trinajstić information content (AvgIpc) is 2.15. The zero-order valence-corrected chi connectivity index (χ0v) is 9.95. The van der Waals surface area contributed by atoms with Crippen LogP contribution in [0.1, 0.15) is 13.8 Å². The molecule has 0 aliphatic heterocycles. The Bertz CT molecular complexity index is 300. The molecular formula is C8H17NO5S. The van der Waals surface area contributed by atoms with Crippen molar-refractivity contribution in [3.05, 3.63) is 0 Å². The van der Waals surface area contributed by atoms with Gasteiger partial charge < -0.3 is 9.84 Å². The van der Waals surface area contributed by atoms with Gasteiger partial charge in [0, 0.05) is 13.7 Å². The lowest BCUT2D eigenvalue weighted by atomic mass is 10.4. The zero-order chi connectivity index (χ0) is 12.1. The first kappa shape index (κ1) is 14.3. The van der Waals surface area contributed by atoms with Crippen LogP contribution in [0.25, 0.3) is 0 Å². The van der Waals surface area contributed by atoms with Crippen LogP contribution >= 0.6 is 0 Å². The van der Waals surface area contributed by atoms with Crippen LogP contribution in [0.2, 0.25) is 0 Å². The highest BCUT2D eigenvalue weighted by Crippen LogP contribution is 2.04. The summed E-state index contributed by atoms with van der Waals surface area (Å²) in [4.78, 5) is 10.6. The van der Waals surface area contributed by atoms with Gasteiger partial charge in [-0.05, 0) is 13.8 Å². The summed E-state index contributed by atoms with van der Waals surface area (Å²) in [5, 5.41) is 8.65. The maximum Gasteiger partial charge on any atom is 0.321 e. The van der Waals surface area contributed by atoms with Crippen molar-refractivity contribution in [3.8, 4) is 0 Å². The number of likely N-dealkylation sites (N-methyl/N-ethyl adjacent to an activating group) is 1. The average molecular weight is 239 g/mol. The summed E-state index contributed by atoms with van der Waals surface area (Å²) in [7, 11) is -2.30. The second kappa shape index (κ2) is 6.04. The van der Waals surface area contributed by atoms with Gasteiger partial charge >= 0.3 is 5.97 Å². The van der Waals surface area contributed by atoms with E-state index in [1.807, 2.05) is 0 Å². The molecule has 1 unspecified atom stereocenters. The van der Waals surface area contributed by atoms with Gasteiger partial charge in [-0.15, -0.1) is 0 Å². The molecule has 15 heavy (non-hydrogen) atoms. The van der Waals surface area contributed by atoms with Gasteiger partial charge in [0.1, 0.15) is 6.04 Å². The highest BCUT2D eigenvalue weighted by molar-refractivity contribution is 7.89. The van der Waals surface area contributed by atoms with Crippen molar-refractivity contribution < 1.29 is 23.1 Å². The van der Waals surface area contributed by atoms with E-state index in [-0.39, 0.29) is 12.4 Å². The van der Waals surface area contributed by atoms with Gasteiger partial charge in [0.25, 0.3) is 0 Å². The summed E-state index contributed by atoms with van der Waals surface area (Å²) in [6, 6.07) is -1.06. The molecular weight excluding hydrogens is 222 g/mol. The number of nitrogens with zero attached hydrogens (tertiary/aromatic N) is 1. The Hall–Kier alpha value is -0.660. The molecule has 0 spiro atoms. The Labute approximate surface area is 89.9 Å². The van der Waals surface area contributed by atoms with E-state index in [9.17, 15) is 13.2 Å². The van der Waals surface area contributed by atoms with E-state index < -0.39 is 22.0 Å². The van der Waals surface area contributed by atoms with Crippen LogP contribution < -0.4 is 0 Å². The lowest BCUT2D eigenvalue weighted by Gasteiger charge is -2.20. The third kappa shape index (κ3) is 4.59. The summed E-state index contributed by atoms with van der Waals surface area (Å²) in [6.45, 7) is 3.60. The molecule has 0 rings (SSSR count). The Morgan fingerprint density at radius 1 is 1.53 bits per heavy atom. The largest absolute Gasteiger partial charge is 0.480 e. The Kier molecular flexibility index (Phi) is 5.77. The maximum atomic E-state index is 11.5. The minimum atomic E-state index is -3.55. The van der Waals surface area contributed by atoms with Crippen molar-refractivity contribution in [1.29, 1.82) is 0 Å². The second-order valence-corrected chi connectivity index (χ2v) is 5.19. The van der Waals surface area contributed by atoms with Crippen LogP contribution in [-0.4, -0.2) is 55.9 Å². The fraction of sp³-hybridized carbons (Fsp3) is 0.875. The van der Waals surface area contributed by atoms with Crippen molar-refractivity contribution >= 4 is 16.0 Å². The first-order valence-electron chi connectivity index (χ1n) is 4.59. The minimum Gasteiger partial charge on any atom is -0.480 e. The molecule has 1 atom stereocenters. The molecule has 0 saturated carbocycles. The third-order valence-electron chi connectivity index (χ3n) is 2.03. The van der Waals surface area contributed by atoms with Gasteiger partial charge in [-0.2, -0.15) is 4.31 Å². The molecule has 7 heteroatoms. The van der Waals surface area contributed by atoms with Crippen molar-refractivity contribution in [2.45, 2.75) is 19.9 Å². The predicted octanol–water partition coefficient (Wildman–Crippen LogP) is -0.242. The smallest absolute Gasteiger partial charge is 0.321 e. The number of ether oxygens (including phenoxy) is 1. The molecule has 0 aromatic rings. The third-order valence-corrected chi connectivity index (χ3v) is 3.91. The van der Waals surface area contributed by atoms with Crippen molar-refractivity contribution in [2.24, 2.45) is 0 Å². The minimum absolute atomic E-state index is 0.0789. The standard InChI is InChI=1S/C8H17NO5S/c1-4-14-5-6-15(12,13)9(3)7(2)8(10)11/h7H,4-6H2,1-3H3,(H,10,11). The van der Waals surface area contributed by atoms with Crippen molar-refractivity contribution in [1.82, 2.24) is 4.31 Å². The molecule has 0 heterocycles. The molecule has 0 radical (unpaired) electrons. The summed E-state index contributed by atoms with van der Waals surface area (Å²) < 4.78 is 28.8. The van der Waals surface area contributed by atoms with E-state index in [1.54, 1.807) is 6.92 Å². The van der Waals surface area contributed by atoms with Gasteiger partial charge in [0.05, 0.1) is 12.4 Å². The van der Waals surface area contributed by atoms with Gasteiger partial charge in [-0.25, -0.2) is 8.42 Å². The van der Waals surface area contributed by atoms with Crippen LogP contribution in [0.3, 0.4) is 0 Å². The predicted molar refractivity (Wildman–Crippen MR) is 55.1 cm³/mol. The molecule has 90 valence electrons. The first-order valence-corrected chi connectivity index (χ1v) is 6.20. The molecule has 1 N–H and O–H groups in total. The highest BCUT2D eigenvalue weighted by Gasteiger charge is 2.27. The molecule has 6 nitrogen and oxygen atoms in total. The van der Waals surface area contributed by atoms with E-state index >= 15 is 0 Å². The number of sulfonamides is 1. The van der Waals surface area contributed by atoms with Crippen molar-refractivity contribution in [3.63, 3.8) is 0 Å². The summed E-state index contributed by atoms with van der Waals surface area (Å²) in [5.74, 6) is -1.37. The summed E-state index contributed by atoms with van der Waals surface area (Å²) in [6.07, 6.45) is 0. The molecule has 0 aliphatic carbocycles. The van der Waals surface area contributed by atoms with Gasteiger partial charge in [-0.1, -0.05) is 0 Å². The van der Waals surface area contributed by atoms with E-state index in [1.165, 1.54) is 14.0 Å². The molecule has 0 aliphatic rings. The van der Waals surface area contributed by atoms with Crippen LogP contribution in [0.15, 0.2) is 0 Å². The number of carboxylic acid groups (broad SMARTS) is 1. The monoisotopic (exact) mass is 239 g/mol. The van der Waals surface area contributed by atoms with Crippen LogP contribution in [0.5, 0.6) is 0 Å². The number of hydrogen-bond donors (Lipinski definition) is 1. The van der Waals surface area contributed by atoms with E-state index in [2.05, 4.69) is 0 Å². The fourth-order valence-electron chi connectivity index (χ4n) is 0.849. The fourth-order valence-corrected chi connectivity index (χ4v) is 2.04. The van der Waals surface area contributed by atoms with Crippen LogP contribution in [0.4, 0.5) is 0 Å². The summed E-state index contributed by atoms with van der Waals surface area (Å²) >= 11 is 0. The van der Waals surface area contributed by atoms with Gasteiger partial charge in [0.15, 0.2) is 0 Å². The lowest BCUT2D eigenvalue weighted by Crippen LogP contribution is -2.42. The lowest BCUT2D eigenvalue weighted by molar-refractivity contribution is -0.140. The molecule has 0 fully saturated rings. The Morgan fingerprint density at radius 2 is 2.07 bits per heavy atom. The van der Waals surface area contributed by atoms with E-state index in [4.69, 9.17) is 9.84 Å². The number of carbonyl (C=O) groups is 1. The number of hydrogen-bond acceptors (Lipinski definition) is 4. The number of aliphatic carboxylic acids is 1. The van der Waals surface area contributed by atoms with Crippen LogP contribution in [-0.2, 0) is 19.6 Å². The number of carboxylic acids is 1. The quantitative estimate of drug-likeness (QED) is 0.620. The van der Waals surface area contributed by atoms with Gasteiger partial charge in [0.2, 0.25) is 10.0 Å². The van der Waals surface area contributed by atoms with Crippen LogP contribution in [0, 0.1) is 0 Å². The Balaban J connectivity index is 4.39. The topological polar surface area (TPSA) is 83.9 Å². The van der Waals surface area contributed by atoms with E-state index in [0.717, 1.165) is 4.31 Å². The highest BCUT2D eigenvalue weighted by atomic mass is 32.2. The van der Waals surface area contributed by atoms with E-state index in [0.29, 0.717) is 6.61 Å². The SMILES string of the molecule is CCOCCS(=O)(=O)N(C)C(C)C(=O)O. The normalized spacial score (nSPS) is 14.1. The molecule has 0 bridgehead atoms. The number of rotatable bonds is 7. The molecule has 0 aromatic carbocycles. The van der Waals surface area contributed by atoms with Crippen molar-refractivity contribution in [2.75, 3.05) is 26.0 Å². The zero-order valence-electron chi connectivity index (χ0n) is 9.13. The van der Waals surface area contributed by atoms with Gasteiger partial charge in [-0.3, -0.25) is 4.79 Å².